The van der Waals surface area contributed by atoms with Crippen molar-refractivity contribution < 1.29 is 10.2 Å². The molecular weight excluding hydrogens is 212 g/mol. The number of aliphatic hydroxyl groups excluding tert-OH is 2. The summed E-state index contributed by atoms with van der Waals surface area (Å²) in [4.78, 5) is 0. The highest BCUT2D eigenvalue weighted by Crippen LogP contribution is 2.34. The second-order valence-electron chi connectivity index (χ2n) is 5.84. The third kappa shape index (κ3) is 5.87. The molecule has 0 aromatic rings. The summed E-state index contributed by atoms with van der Waals surface area (Å²) in [6.07, 6.45) is 11.9. The van der Waals surface area contributed by atoms with E-state index >= 15 is 0 Å². The van der Waals surface area contributed by atoms with Crippen molar-refractivity contribution in [2.75, 3.05) is 13.2 Å². The Kier molecular flexibility index (Phi) is 7.87. The Morgan fingerprint density at radius 1 is 0.941 bits per heavy atom. The summed E-state index contributed by atoms with van der Waals surface area (Å²) in [6, 6.07) is 0. The van der Waals surface area contributed by atoms with Crippen LogP contribution in [-0.2, 0) is 0 Å². The van der Waals surface area contributed by atoms with Crippen LogP contribution in [0.25, 0.3) is 0 Å². The number of rotatable bonds is 8. The molecule has 0 heterocycles. The molecule has 0 unspecified atom stereocenters. The average molecular weight is 242 g/mol. The van der Waals surface area contributed by atoms with Crippen molar-refractivity contribution >= 4 is 0 Å². The quantitative estimate of drug-likeness (QED) is 0.685. The minimum absolute atomic E-state index is 0.118. The summed E-state index contributed by atoms with van der Waals surface area (Å²) in [7, 11) is 0. The molecule has 1 fully saturated rings. The van der Waals surface area contributed by atoms with Crippen LogP contribution >= 0.6 is 0 Å². The zero-order valence-electron chi connectivity index (χ0n) is 11.4. The van der Waals surface area contributed by atoms with E-state index in [4.69, 9.17) is 10.2 Å². The lowest BCUT2D eigenvalue weighted by atomic mass is 9.77. The van der Waals surface area contributed by atoms with Gasteiger partial charge in [0.25, 0.3) is 0 Å². The standard InChI is InChI=1S/C15H30O2/c1-2-3-4-13-5-7-14(8-6-13)9-10-15(11-16)12-17/h13-17H,2-12H2,1H3. The predicted octanol–water partition coefficient (Wildman–Crippen LogP) is 3.36. The molecule has 0 atom stereocenters. The monoisotopic (exact) mass is 242 g/mol. The Hall–Kier alpha value is -0.0800. The molecule has 0 radical (unpaired) electrons. The van der Waals surface area contributed by atoms with Crippen LogP contribution in [0.3, 0.4) is 0 Å². The van der Waals surface area contributed by atoms with Crippen molar-refractivity contribution in [3.8, 4) is 0 Å². The van der Waals surface area contributed by atoms with Crippen molar-refractivity contribution in [3.05, 3.63) is 0 Å². The smallest absolute Gasteiger partial charge is 0.0481 e. The van der Waals surface area contributed by atoms with Gasteiger partial charge < -0.3 is 10.2 Å². The highest BCUT2D eigenvalue weighted by atomic mass is 16.3. The average Bonchev–Trinajstić information content (AvgIpc) is 2.39. The van der Waals surface area contributed by atoms with Crippen LogP contribution in [0.2, 0.25) is 0 Å². The SMILES string of the molecule is CCCCC1CCC(CCC(CO)CO)CC1. The molecule has 2 heteroatoms. The molecule has 0 saturated heterocycles. The van der Waals surface area contributed by atoms with Crippen molar-refractivity contribution in [1.29, 1.82) is 0 Å². The molecule has 0 aliphatic heterocycles. The van der Waals surface area contributed by atoms with E-state index in [1.807, 2.05) is 0 Å². The highest BCUT2D eigenvalue weighted by Gasteiger charge is 2.21. The lowest BCUT2D eigenvalue weighted by molar-refractivity contribution is 0.132. The van der Waals surface area contributed by atoms with E-state index in [-0.39, 0.29) is 19.1 Å². The second-order valence-corrected chi connectivity index (χ2v) is 5.84. The molecule has 2 N–H and O–H groups in total. The van der Waals surface area contributed by atoms with Gasteiger partial charge in [-0.3, -0.25) is 0 Å². The van der Waals surface area contributed by atoms with Gasteiger partial charge in [-0.15, -0.1) is 0 Å². The Morgan fingerprint density at radius 2 is 1.47 bits per heavy atom. The first kappa shape index (κ1) is 15.0. The Balaban J connectivity index is 2.10. The van der Waals surface area contributed by atoms with E-state index in [2.05, 4.69) is 6.92 Å². The fraction of sp³-hybridized carbons (Fsp3) is 1.00. The third-order valence-corrected chi connectivity index (χ3v) is 4.43. The van der Waals surface area contributed by atoms with Gasteiger partial charge in [0.2, 0.25) is 0 Å². The Bertz CT molecular complexity index is 170. The van der Waals surface area contributed by atoms with E-state index in [1.165, 1.54) is 51.4 Å². The molecule has 2 nitrogen and oxygen atoms in total. The summed E-state index contributed by atoms with van der Waals surface area (Å²) in [5, 5.41) is 18.1. The molecule has 1 rings (SSSR count). The zero-order valence-corrected chi connectivity index (χ0v) is 11.4. The summed E-state index contributed by atoms with van der Waals surface area (Å²) >= 11 is 0. The van der Waals surface area contributed by atoms with Crippen LogP contribution in [-0.4, -0.2) is 23.4 Å². The van der Waals surface area contributed by atoms with Gasteiger partial charge in [-0.05, 0) is 18.3 Å². The number of unbranched alkanes of at least 4 members (excludes halogenated alkanes) is 1. The highest BCUT2D eigenvalue weighted by molar-refractivity contribution is 4.73. The topological polar surface area (TPSA) is 40.5 Å². The first-order valence-electron chi connectivity index (χ1n) is 7.51. The van der Waals surface area contributed by atoms with Gasteiger partial charge in [-0.1, -0.05) is 58.3 Å². The molecule has 1 aliphatic rings. The van der Waals surface area contributed by atoms with Crippen LogP contribution in [0.5, 0.6) is 0 Å². The molecule has 17 heavy (non-hydrogen) atoms. The van der Waals surface area contributed by atoms with E-state index in [9.17, 15) is 0 Å². The molecule has 0 aromatic heterocycles. The molecule has 0 spiro atoms. The van der Waals surface area contributed by atoms with Gasteiger partial charge >= 0.3 is 0 Å². The van der Waals surface area contributed by atoms with Gasteiger partial charge in [0.1, 0.15) is 0 Å². The van der Waals surface area contributed by atoms with Gasteiger partial charge in [0.15, 0.2) is 0 Å². The van der Waals surface area contributed by atoms with E-state index in [0.29, 0.717) is 0 Å². The van der Waals surface area contributed by atoms with Crippen molar-refractivity contribution in [2.24, 2.45) is 17.8 Å². The summed E-state index contributed by atoms with van der Waals surface area (Å²) < 4.78 is 0. The first-order chi connectivity index (χ1) is 8.30. The first-order valence-corrected chi connectivity index (χ1v) is 7.51. The van der Waals surface area contributed by atoms with Gasteiger partial charge in [0.05, 0.1) is 0 Å². The Labute approximate surface area is 106 Å². The van der Waals surface area contributed by atoms with Crippen LogP contribution in [0, 0.1) is 17.8 Å². The minimum atomic E-state index is 0.118. The maximum Gasteiger partial charge on any atom is 0.0481 e. The minimum Gasteiger partial charge on any atom is -0.396 e. The summed E-state index contributed by atoms with van der Waals surface area (Å²) in [5.41, 5.74) is 0. The van der Waals surface area contributed by atoms with Gasteiger partial charge in [-0.25, -0.2) is 0 Å². The van der Waals surface area contributed by atoms with Crippen LogP contribution in [0.1, 0.15) is 64.7 Å². The maximum absolute atomic E-state index is 9.03. The van der Waals surface area contributed by atoms with E-state index in [0.717, 1.165) is 18.3 Å². The van der Waals surface area contributed by atoms with Gasteiger partial charge in [-0.2, -0.15) is 0 Å². The predicted molar refractivity (Wildman–Crippen MR) is 71.9 cm³/mol. The number of hydrogen-bond acceptors (Lipinski definition) is 2. The fourth-order valence-corrected chi connectivity index (χ4v) is 3.01. The largest absolute Gasteiger partial charge is 0.396 e. The number of aliphatic hydroxyl groups is 2. The Morgan fingerprint density at radius 3 is 1.94 bits per heavy atom. The summed E-state index contributed by atoms with van der Waals surface area (Å²) in [5.74, 6) is 1.96. The van der Waals surface area contributed by atoms with Crippen molar-refractivity contribution in [2.45, 2.75) is 64.7 Å². The van der Waals surface area contributed by atoms with Crippen molar-refractivity contribution in [1.82, 2.24) is 0 Å². The van der Waals surface area contributed by atoms with Crippen molar-refractivity contribution in [3.63, 3.8) is 0 Å². The molecule has 1 aliphatic carbocycles. The molecule has 0 aromatic carbocycles. The number of hydrogen-bond donors (Lipinski definition) is 2. The second kappa shape index (κ2) is 8.93. The maximum atomic E-state index is 9.03. The van der Waals surface area contributed by atoms with Crippen LogP contribution in [0.4, 0.5) is 0 Å². The third-order valence-electron chi connectivity index (χ3n) is 4.43. The normalized spacial score (nSPS) is 25.4. The van der Waals surface area contributed by atoms with E-state index < -0.39 is 0 Å². The molecule has 102 valence electrons. The van der Waals surface area contributed by atoms with Crippen LogP contribution in [0.15, 0.2) is 0 Å². The zero-order chi connectivity index (χ0) is 12.5. The summed E-state index contributed by atoms with van der Waals surface area (Å²) in [6.45, 7) is 2.56. The van der Waals surface area contributed by atoms with Crippen LogP contribution < -0.4 is 0 Å². The fourth-order valence-electron chi connectivity index (χ4n) is 3.01. The lowest BCUT2D eigenvalue weighted by Crippen LogP contribution is -2.17. The molecule has 0 amide bonds. The molecular formula is C15H30O2. The molecule has 0 bridgehead atoms. The van der Waals surface area contributed by atoms with Gasteiger partial charge in [0, 0.05) is 19.1 Å². The lowest BCUT2D eigenvalue weighted by Gasteiger charge is -2.29. The van der Waals surface area contributed by atoms with E-state index in [1.54, 1.807) is 0 Å². The molecule has 1 saturated carbocycles.